The minimum Gasteiger partial charge on any atom is -0.368 e. The smallest absolute Gasteiger partial charge is 0.243 e. The van der Waals surface area contributed by atoms with Crippen LogP contribution in [0.15, 0.2) is 89.8 Å². The van der Waals surface area contributed by atoms with Crippen molar-refractivity contribution in [2.45, 2.75) is 75.5 Å². The molecule has 6 rings (SSSR count). The highest BCUT2D eigenvalue weighted by molar-refractivity contribution is 7.07. The van der Waals surface area contributed by atoms with E-state index in [4.69, 9.17) is 11.5 Å². The van der Waals surface area contributed by atoms with Gasteiger partial charge in [-0.15, -0.1) is 0 Å². The van der Waals surface area contributed by atoms with Crippen molar-refractivity contribution in [3.63, 3.8) is 0 Å². The van der Waals surface area contributed by atoms with Crippen molar-refractivity contribution in [1.82, 2.24) is 31.6 Å². The molecule has 1 saturated heterocycles. The van der Waals surface area contributed by atoms with Crippen LogP contribution in [0.5, 0.6) is 0 Å². The molecule has 14 heteroatoms. The number of aromatic nitrogens is 1. The molecule has 0 aliphatic carbocycles. The summed E-state index contributed by atoms with van der Waals surface area (Å²) in [6, 6.07) is 19.0. The summed E-state index contributed by atoms with van der Waals surface area (Å²) in [6.07, 6.45) is 5.06. The highest BCUT2D eigenvalue weighted by Crippen LogP contribution is 2.22. The molecular formula is C43H52N8O5S. The van der Waals surface area contributed by atoms with Crippen molar-refractivity contribution in [3.05, 3.63) is 106 Å². The van der Waals surface area contributed by atoms with Crippen LogP contribution < -0.4 is 38.1 Å². The molecule has 0 saturated carbocycles. The number of rotatable bonds is 19. The number of aromatic amines is 1. The number of hydrogen-bond acceptors (Lipinski definition) is 8. The standard InChI is InChI=1S/C43H52N8O5S/c44-18-6-5-14-35(39(45)52)48-41(54)36(22-27-17-21-57-26-27)50-43(56)38(24-31-25-47-34-13-4-3-12-33(31)34)51-42(55)37(49-40(53)29-15-19-46-20-16-29)23-30-10-7-9-28-8-1-2-11-32(28)30/h1-4,7-13,17,21,25-26,29,35-38,46-47H,5-6,14-16,18-20,22-24,44H2,(H2,45,52)(H,48,54)(H,49,53)(H,50,56)(H,51,55)/t35-,36-,37+,38+/m0/s1. The van der Waals surface area contributed by atoms with Gasteiger partial charge in [-0.25, -0.2) is 0 Å². The fraction of sp³-hybridized carbons (Fsp3) is 0.372. The monoisotopic (exact) mass is 792 g/mol. The van der Waals surface area contributed by atoms with E-state index < -0.39 is 47.8 Å². The third-order valence-corrected chi connectivity index (χ3v) is 11.4. The molecule has 13 nitrogen and oxygen atoms in total. The number of carbonyl (C=O) groups excluding carboxylic acids is 5. The normalized spacial score (nSPS) is 15.3. The molecule has 57 heavy (non-hydrogen) atoms. The molecule has 5 amide bonds. The van der Waals surface area contributed by atoms with Crippen LogP contribution >= 0.6 is 11.3 Å². The van der Waals surface area contributed by atoms with Crippen LogP contribution in [-0.2, 0) is 43.2 Å². The van der Waals surface area contributed by atoms with Gasteiger partial charge in [-0.1, -0.05) is 60.7 Å². The average Bonchev–Trinajstić information content (AvgIpc) is 3.90. The maximum atomic E-state index is 14.6. The molecule has 4 atom stereocenters. The van der Waals surface area contributed by atoms with Gasteiger partial charge in [-0.05, 0) is 102 Å². The van der Waals surface area contributed by atoms with Gasteiger partial charge in [0, 0.05) is 42.3 Å². The second kappa shape index (κ2) is 20.0. The van der Waals surface area contributed by atoms with Gasteiger partial charge in [0.25, 0.3) is 0 Å². The number of nitrogens with two attached hydrogens (primary N) is 2. The summed E-state index contributed by atoms with van der Waals surface area (Å²) in [6.45, 7) is 1.85. The molecule has 300 valence electrons. The number of fused-ring (bicyclic) bond motifs is 2. The Labute approximate surface area is 336 Å². The number of benzene rings is 3. The topological polar surface area (TPSA) is 213 Å². The Morgan fingerprint density at radius 2 is 1.33 bits per heavy atom. The molecule has 0 radical (unpaired) electrons. The minimum absolute atomic E-state index is 0.0839. The highest BCUT2D eigenvalue weighted by atomic mass is 32.1. The van der Waals surface area contributed by atoms with Crippen molar-refractivity contribution in [2.24, 2.45) is 17.4 Å². The Morgan fingerprint density at radius 1 is 0.702 bits per heavy atom. The second-order valence-corrected chi connectivity index (χ2v) is 15.5. The summed E-state index contributed by atoms with van der Waals surface area (Å²) < 4.78 is 0. The van der Waals surface area contributed by atoms with Crippen LogP contribution in [-0.4, -0.2) is 78.3 Å². The van der Waals surface area contributed by atoms with Gasteiger partial charge in [0.2, 0.25) is 29.5 Å². The minimum atomic E-state index is -1.16. The van der Waals surface area contributed by atoms with E-state index in [1.165, 1.54) is 11.3 Å². The molecule has 5 aromatic rings. The van der Waals surface area contributed by atoms with E-state index in [0.29, 0.717) is 51.7 Å². The maximum Gasteiger partial charge on any atom is 0.243 e. The summed E-state index contributed by atoms with van der Waals surface area (Å²) >= 11 is 1.45. The fourth-order valence-corrected chi connectivity index (χ4v) is 8.13. The van der Waals surface area contributed by atoms with Gasteiger partial charge in [-0.2, -0.15) is 11.3 Å². The molecule has 3 aromatic carbocycles. The first kappa shape index (κ1) is 41.1. The Morgan fingerprint density at radius 3 is 2.04 bits per heavy atom. The summed E-state index contributed by atoms with van der Waals surface area (Å²) in [7, 11) is 0. The largest absolute Gasteiger partial charge is 0.368 e. The number of nitrogens with one attached hydrogen (secondary N) is 6. The lowest BCUT2D eigenvalue weighted by molar-refractivity contribution is -0.135. The Kier molecular flexibility index (Phi) is 14.4. The van der Waals surface area contributed by atoms with E-state index >= 15 is 0 Å². The predicted octanol–water partition coefficient (Wildman–Crippen LogP) is 2.96. The van der Waals surface area contributed by atoms with Gasteiger partial charge in [-0.3, -0.25) is 24.0 Å². The molecule has 0 bridgehead atoms. The van der Waals surface area contributed by atoms with Crippen molar-refractivity contribution >= 4 is 62.5 Å². The van der Waals surface area contributed by atoms with Crippen LogP contribution in [0.2, 0.25) is 0 Å². The molecule has 10 N–H and O–H groups in total. The lowest BCUT2D eigenvalue weighted by Crippen LogP contribution is -2.59. The van der Waals surface area contributed by atoms with E-state index in [1.807, 2.05) is 83.6 Å². The first-order chi connectivity index (χ1) is 27.7. The lowest BCUT2D eigenvalue weighted by Gasteiger charge is -2.28. The number of primary amides is 1. The quantitative estimate of drug-likeness (QED) is 0.0585. The van der Waals surface area contributed by atoms with E-state index in [0.717, 1.165) is 38.4 Å². The summed E-state index contributed by atoms with van der Waals surface area (Å²) in [5.74, 6) is -2.86. The third-order valence-electron chi connectivity index (χ3n) is 10.6. The van der Waals surface area contributed by atoms with E-state index in [-0.39, 0.29) is 31.1 Å². The molecule has 1 fully saturated rings. The number of piperidine rings is 1. The van der Waals surface area contributed by atoms with Gasteiger partial charge < -0.3 is 43.0 Å². The van der Waals surface area contributed by atoms with E-state index in [1.54, 1.807) is 6.20 Å². The van der Waals surface area contributed by atoms with Crippen molar-refractivity contribution in [1.29, 1.82) is 0 Å². The van der Waals surface area contributed by atoms with E-state index in [2.05, 4.69) is 31.6 Å². The molecular weight excluding hydrogens is 741 g/mol. The number of carbonyl (C=O) groups is 5. The SMILES string of the molecule is NCCCC[C@H](NC(=O)[C@H](Cc1ccsc1)NC(=O)[C@@H](Cc1c[nH]c2ccccc12)NC(=O)[C@@H](Cc1cccc2ccccc12)NC(=O)C1CCNCC1)C(N)=O. The Balaban J connectivity index is 1.29. The second-order valence-electron chi connectivity index (χ2n) is 14.7. The van der Waals surface area contributed by atoms with E-state index in [9.17, 15) is 24.0 Å². The molecule has 0 spiro atoms. The molecule has 0 unspecified atom stereocenters. The van der Waals surface area contributed by atoms with Crippen LogP contribution in [0, 0.1) is 5.92 Å². The molecule has 1 aliphatic heterocycles. The number of hydrogen-bond donors (Lipinski definition) is 8. The maximum absolute atomic E-state index is 14.6. The zero-order valence-corrected chi connectivity index (χ0v) is 32.7. The van der Waals surface area contributed by atoms with Gasteiger partial charge >= 0.3 is 0 Å². The zero-order chi connectivity index (χ0) is 40.1. The van der Waals surface area contributed by atoms with Crippen LogP contribution in [0.25, 0.3) is 21.7 Å². The first-order valence-corrected chi connectivity index (χ1v) is 20.6. The summed E-state index contributed by atoms with van der Waals surface area (Å²) in [5, 5.41) is 21.6. The number of H-pyrrole nitrogens is 1. The summed E-state index contributed by atoms with van der Waals surface area (Å²) in [4.78, 5) is 72.3. The average molecular weight is 793 g/mol. The number of unbranched alkanes of at least 4 members (excludes halogenated alkanes) is 1. The molecule has 1 aliphatic rings. The lowest BCUT2D eigenvalue weighted by atomic mass is 9.94. The van der Waals surface area contributed by atoms with Gasteiger partial charge in [0.05, 0.1) is 0 Å². The summed E-state index contributed by atoms with van der Waals surface area (Å²) in [5.41, 5.74) is 14.6. The van der Waals surface area contributed by atoms with Gasteiger partial charge in [0.15, 0.2) is 0 Å². The number of para-hydroxylation sites is 1. The Bertz CT molecular complexity index is 2140. The molecule has 2 aromatic heterocycles. The van der Waals surface area contributed by atoms with Gasteiger partial charge in [0.1, 0.15) is 24.2 Å². The first-order valence-electron chi connectivity index (χ1n) is 19.6. The zero-order valence-electron chi connectivity index (χ0n) is 31.9. The number of amides is 5. The Hall–Kier alpha value is -5.57. The fourth-order valence-electron chi connectivity index (χ4n) is 7.45. The van der Waals surface area contributed by atoms with Crippen LogP contribution in [0.1, 0.15) is 48.8 Å². The highest BCUT2D eigenvalue weighted by Gasteiger charge is 2.33. The van der Waals surface area contributed by atoms with Crippen molar-refractivity contribution in [3.8, 4) is 0 Å². The van der Waals surface area contributed by atoms with Crippen molar-refractivity contribution in [2.75, 3.05) is 19.6 Å². The van der Waals surface area contributed by atoms with Crippen molar-refractivity contribution < 1.29 is 24.0 Å². The number of thiophene rings is 1. The third kappa shape index (κ3) is 11.1. The predicted molar refractivity (Wildman–Crippen MR) is 223 cm³/mol. The van der Waals surface area contributed by atoms with Crippen LogP contribution in [0.3, 0.4) is 0 Å². The van der Waals surface area contributed by atoms with Crippen LogP contribution in [0.4, 0.5) is 0 Å². The molecule has 3 heterocycles.